The summed E-state index contributed by atoms with van der Waals surface area (Å²) in [5.74, 6) is -0.621. The van der Waals surface area contributed by atoms with Crippen molar-refractivity contribution in [2.45, 2.75) is 6.42 Å². The Bertz CT molecular complexity index is 1250. The first-order chi connectivity index (χ1) is 15.1. The van der Waals surface area contributed by atoms with E-state index in [1.165, 1.54) is 0 Å². The summed E-state index contributed by atoms with van der Waals surface area (Å²) in [5.41, 5.74) is 4.31. The number of hydrogen-bond acceptors (Lipinski definition) is 5. The molecule has 4 rings (SSSR count). The molecule has 3 aromatic carbocycles. The number of esters is 1. The second kappa shape index (κ2) is 8.97. The van der Waals surface area contributed by atoms with E-state index in [0.717, 1.165) is 22.2 Å². The van der Waals surface area contributed by atoms with Crippen LogP contribution in [0.2, 0.25) is 0 Å². The van der Waals surface area contributed by atoms with E-state index < -0.39 is 12.6 Å². The molecular formula is C25H19N3O3. The lowest BCUT2D eigenvalue weighted by Crippen LogP contribution is -2.11. The summed E-state index contributed by atoms with van der Waals surface area (Å²) in [4.78, 5) is 19.5. The van der Waals surface area contributed by atoms with E-state index in [2.05, 4.69) is 9.97 Å². The first-order valence-electron chi connectivity index (χ1n) is 9.71. The zero-order valence-corrected chi connectivity index (χ0v) is 16.6. The van der Waals surface area contributed by atoms with Crippen LogP contribution in [0.15, 0.2) is 84.6 Å². The number of rotatable bonds is 6. The number of nitrogens with one attached hydrogen (secondary N) is 1. The number of aromatic amines is 1. The van der Waals surface area contributed by atoms with Gasteiger partial charge in [-0.15, -0.1) is 0 Å². The Kier molecular flexibility index (Phi) is 5.77. The zero-order chi connectivity index (χ0) is 21.6. The van der Waals surface area contributed by atoms with Crippen molar-refractivity contribution < 1.29 is 14.6 Å². The fraction of sp³-hybridized carbons (Fsp3) is 0.0800. The monoisotopic (exact) mass is 409 g/mol. The predicted molar refractivity (Wildman–Crippen MR) is 118 cm³/mol. The van der Waals surface area contributed by atoms with Crippen LogP contribution in [0.1, 0.15) is 11.4 Å². The third kappa shape index (κ3) is 4.62. The van der Waals surface area contributed by atoms with Crippen molar-refractivity contribution in [3.8, 4) is 17.2 Å². The smallest absolute Gasteiger partial charge is 0.310 e. The maximum absolute atomic E-state index is 12.2. The normalized spacial score (nSPS) is 11.6. The summed E-state index contributed by atoms with van der Waals surface area (Å²) in [7, 11) is 0. The molecule has 6 heteroatoms. The minimum absolute atomic E-state index is 0.0591. The van der Waals surface area contributed by atoms with Gasteiger partial charge in [-0.1, -0.05) is 66.7 Å². The highest BCUT2D eigenvalue weighted by atomic mass is 16.5. The van der Waals surface area contributed by atoms with E-state index in [9.17, 15) is 15.2 Å². The molecular weight excluding hydrogens is 390 g/mol. The number of para-hydroxylation sites is 2. The number of aliphatic hydroxyl groups excluding tert-OH is 1. The Morgan fingerprint density at radius 3 is 2.35 bits per heavy atom. The lowest BCUT2D eigenvalue weighted by molar-refractivity contribution is -0.142. The van der Waals surface area contributed by atoms with Crippen molar-refractivity contribution in [2.75, 3.05) is 6.61 Å². The van der Waals surface area contributed by atoms with Gasteiger partial charge < -0.3 is 14.8 Å². The van der Waals surface area contributed by atoms with Crippen molar-refractivity contribution in [3.63, 3.8) is 0 Å². The van der Waals surface area contributed by atoms with E-state index in [1.54, 1.807) is 6.07 Å². The summed E-state index contributed by atoms with van der Waals surface area (Å²) in [5, 5.41) is 19.7. The number of imidazole rings is 1. The van der Waals surface area contributed by atoms with Crippen LogP contribution in [-0.2, 0) is 16.0 Å². The molecule has 1 aromatic heterocycles. The summed E-state index contributed by atoms with van der Waals surface area (Å²) in [6.45, 7) is -0.402. The Balaban J connectivity index is 1.40. The third-order valence-corrected chi connectivity index (χ3v) is 4.81. The van der Waals surface area contributed by atoms with E-state index in [4.69, 9.17) is 4.74 Å². The van der Waals surface area contributed by atoms with Crippen LogP contribution >= 0.6 is 0 Å². The van der Waals surface area contributed by atoms with E-state index >= 15 is 0 Å². The van der Waals surface area contributed by atoms with Gasteiger partial charge in [0.05, 0.1) is 17.5 Å². The molecule has 1 heterocycles. The summed E-state index contributed by atoms with van der Waals surface area (Å²) >= 11 is 0. The predicted octanol–water partition coefficient (Wildman–Crippen LogP) is 4.81. The lowest BCUT2D eigenvalue weighted by Gasteiger charge is -2.07. The molecule has 0 saturated heterocycles. The summed E-state index contributed by atoms with van der Waals surface area (Å²) in [6, 6.07) is 26.8. The molecule has 152 valence electrons. The highest BCUT2D eigenvalue weighted by molar-refractivity contribution is 5.83. The molecule has 6 nitrogen and oxygen atoms in total. The molecule has 0 fully saturated rings. The lowest BCUT2D eigenvalue weighted by atomic mass is 10.0. The van der Waals surface area contributed by atoms with Crippen LogP contribution in [0, 0.1) is 11.3 Å². The van der Waals surface area contributed by atoms with Crippen LogP contribution in [0.25, 0.3) is 27.7 Å². The second-order valence-electron chi connectivity index (χ2n) is 6.94. The number of H-pyrrole nitrogens is 1. The number of carbonyl (C=O) groups is 1. The molecule has 0 saturated carbocycles. The fourth-order valence-electron chi connectivity index (χ4n) is 3.21. The van der Waals surface area contributed by atoms with E-state index in [1.807, 2.05) is 78.9 Å². The quantitative estimate of drug-likeness (QED) is 0.270. The van der Waals surface area contributed by atoms with Crippen LogP contribution in [-0.4, -0.2) is 27.7 Å². The summed E-state index contributed by atoms with van der Waals surface area (Å²) in [6.07, 6.45) is 0.0644. The largest absolute Gasteiger partial charge is 0.507 e. The van der Waals surface area contributed by atoms with Gasteiger partial charge in [0.15, 0.2) is 11.6 Å². The van der Waals surface area contributed by atoms with Crippen molar-refractivity contribution >= 4 is 22.6 Å². The number of ether oxygens (including phenoxy) is 1. The molecule has 0 bridgehead atoms. The number of benzene rings is 3. The number of aliphatic hydroxyl groups is 1. The number of nitrogens with zero attached hydrogens (tertiary/aromatic N) is 2. The van der Waals surface area contributed by atoms with Crippen molar-refractivity contribution in [3.05, 3.63) is 96.0 Å². The van der Waals surface area contributed by atoms with E-state index in [0.29, 0.717) is 5.52 Å². The number of allylic oxidation sites excluding steroid dienone is 1. The molecule has 4 aromatic rings. The van der Waals surface area contributed by atoms with E-state index in [-0.39, 0.29) is 23.6 Å². The van der Waals surface area contributed by atoms with Crippen LogP contribution in [0.5, 0.6) is 0 Å². The molecule has 0 spiro atoms. The van der Waals surface area contributed by atoms with Gasteiger partial charge in [0.25, 0.3) is 0 Å². The standard InChI is InChI=1S/C25H19N3O3/c26-15-20(25-27-21-8-4-5-9-22(21)28-25)23(29)16-31-24(30)14-17-10-12-19(13-11-17)18-6-2-1-3-7-18/h1-13,29H,14,16H2,(H,27,28)/b23-20-. The maximum atomic E-state index is 12.2. The first-order valence-corrected chi connectivity index (χ1v) is 9.71. The maximum Gasteiger partial charge on any atom is 0.310 e. The third-order valence-electron chi connectivity index (χ3n) is 4.81. The number of hydrogen-bond donors (Lipinski definition) is 2. The Morgan fingerprint density at radius 1 is 0.968 bits per heavy atom. The van der Waals surface area contributed by atoms with Crippen LogP contribution in [0.4, 0.5) is 0 Å². The SMILES string of the molecule is N#C/C(=C(/O)COC(=O)Cc1ccc(-c2ccccc2)cc1)c1nc2ccccc2[nH]1. The molecule has 0 aliphatic heterocycles. The minimum Gasteiger partial charge on any atom is -0.507 e. The number of fused-ring (bicyclic) bond motifs is 1. The number of aromatic nitrogens is 2. The number of nitriles is 1. The average molecular weight is 409 g/mol. The van der Waals surface area contributed by atoms with Gasteiger partial charge in [-0.25, -0.2) is 4.98 Å². The molecule has 31 heavy (non-hydrogen) atoms. The molecule has 0 aliphatic rings. The minimum atomic E-state index is -0.499. The zero-order valence-electron chi connectivity index (χ0n) is 16.6. The van der Waals surface area contributed by atoms with Crippen molar-refractivity contribution in [1.82, 2.24) is 9.97 Å². The molecule has 0 unspecified atom stereocenters. The topological polar surface area (TPSA) is 99.0 Å². The summed E-state index contributed by atoms with van der Waals surface area (Å²) < 4.78 is 5.16. The number of carbonyl (C=O) groups excluding carboxylic acids is 1. The van der Waals surface area contributed by atoms with Crippen molar-refractivity contribution in [1.29, 1.82) is 5.26 Å². The molecule has 0 atom stereocenters. The molecule has 0 radical (unpaired) electrons. The average Bonchev–Trinajstić information content (AvgIpc) is 3.23. The highest BCUT2D eigenvalue weighted by Gasteiger charge is 2.15. The van der Waals surface area contributed by atoms with Gasteiger partial charge in [0, 0.05) is 0 Å². The molecule has 2 N–H and O–H groups in total. The van der Waals surface area contributed by atoms with Gasteiger partial charge in [0.1, 0.15) is 18.2 Å². The molecule has 0 aliphatic carbocycles. The Morgan fingerprint density at radius 2 is 1.65 bits per heavy atom. The van der Waals surface area contributed by atoms with Gasteiger partial charge >= 0.3 is 5.97 Å². The second-order valence-corrected chi connectivity index (χ2v) is 6.94. The Labute approximate surface area is 179 Å². The van der Waals surface area contributed by atoms with Gasteiger partial charge in [-0.05, 0) is 28.8 Å². The highest BCUT2D eigenvalue weighted by Crippen LogP contribution is 2.20. The van der Waals surface area contributed by atoms with Crippen LogP contribution < -0.4 is 0 Å². The fourth-order valence-corrected chi connectivity index (χ4v) is 3.21. The molecule has 0 amide bonds. The van der Waals surface area contributed by atoms with Crippen molar-refractivity contribution in [2.24, 2.45) is 0 Å². The van der Waals surface area contributed by atoms with Crippen LogP contribution in [0.3, 0.4) is 0 Å². The Hall–Kier alpha value is -4.37. The first kappa shape index (κ1) is 19.9. The van der Waals surface area contributed by atoms with Gasteiger partial charge in [-0.2, -0.15) is 5.26 Å². The van der Waals surface area contributed by atoms with Gasteiger partial charge in [-0.3, -0.25) is 4.79 Å². The van der Waals surface area contributed by atoms with Gasteiger partial charge in [0.2, 0.25) is 0 Å².